The van der Waals surface area contributed by atoms with Gasteiger partial charge in [0, 0.05) is 23.2 Å². The van der Waals surface area contributed by atoms with E-state index in [1.807, 2.05) is 49.4 Å². The van der Waals surface area contributed by atoms with Crippen molar-refractivity contribution < 1.29 is 9.32 Å². The van der Waals surface area contributed by atoms with Crippen LogP contribution in [0.3, 0.4) is 0 Å². The van der Waals surface area contributed by atoms with Gasteiger partial charge in [0.25, 0.3) is 11.8 Å². The fraction of sp³-hybridized carbons (Fsp3) is 0.167. The van der Waals surface area contributed by atoms with Crippen LogP contribution in [0, 0.1) is 0 Å². The quantitative estimate of drug-likeness (QED) is 0.782. The lowest BCUT2D eigenvalue weighted by atomic mass is 10.1. The van der Waals surface area contributed by atoms with Crippen molar-refractivity contribution in [1.82, 2.24) is 15.5 Å². The fourth-order valence-electron chi connectivity index (χ4n) is 2.15. The lowest BCUT2D eigenvalue weighted by Crippen LogP contribution is -2.23. The number of nitrogens with zero attached hydrogens (tertiary/aromatic N) is 2. The van der Waals surface area contributed by atoms with Gasteiger partial charge < -0.3 is 9.84 Å². The first-order chi connectivity index (χ1) is 11.3. The van der Waals surface area contributed by atoms with Gasteiger partial charge in [-0.25, -0.2) is 0 Å². The fourth-order valence-corrected chi connectivity index (χ4v) is 2.15. The van der Waals surface area contributed by atoms with Crippen LogP contribution in [-0.4, -0.2) is 22.6 Å². The average molecular weight is 307 g/mol. The maximum Gasteiger partial charge on any atom is 0.258 e. The molecule has 0 atom stereocenters. The first-order valence-electron chi connectivity index (χ1n) is 7.55. The molecular weight excluding hydrogens is 290 g/mol. The van der Waals surface area contributed by atoms with Gasteiger partial charge in [-0.2, -0.15) is 4.98 Å². The Kier molecular flexibility index (Phi) is 4.47. The molecule has 23 heavy (non-hydrogen) atoms. The van der Waals surface area contributed by atoms with Gasteiger partial charge >= 0.3 is 0 Å². The van der Waals surface area contributed by atoms with Crippen molar-refractivity contribution >= 4 is 5.91 Å². The zero-order chi connectivity index (χ0) is 16.1. The smallest absolute Gasteiger partial charge is 0.258 e. The van der Waals surface area contributed by atoms with Crippen LogP contribution in [0.25, 0.3) is 22.8 Å². The minimum Gasteiger partial charge on any atom is -0.352 e. The highest BCUT2D eigenvalue weighted by atomic mass is 16.5. The minimum absolute atomic E-state index is 0.0751. The summed E-state index contributed by atoms with van der Waals surface area (Å²) in [5.74, 6) is 0.906. The molecule has 0 aliphatic rings. The van der Waals surface area contributed by atoms with E-state index in [-0.39, 0.29) is 5.91 Å². The molecule has 1 N–H and O–H groups in total. The highest BCUT2D eigenvalue weighted by molar-refractivity contribution is 5.94. The summed E-state index contributed by atoms with van der Waals surface area (Å²) in [7, 11) is 0. The molecule has 0 unspecified atom stereocenters. The zero-order valence-corrected chi connectivity index (χ0v) is 12.8. The van der Waals surface area contributed by atoms with Gasteiger partial charge in [-0.15, -0.1) is 0 Å². The molecule has 3 aromatic rings. The van der Waals surface area contributed by atoms with Crippen molar-refractivity contribution in [1.29, 1.82) is 0 Å². The summed E-state index contributed by atoms with van der Waals surface area (Å²) in [6.45, 7) is 2.69. The Bertz CT molecular complexity index is 780. The van der Waals surface area contributed by atoms with Gasteiger partial charge in [-0.1, -0.05) is 42.4 Å². The Balaban J connectivity index is 1.78. The van der Waals surface area contributed by atoms with E-state index in [1.165, 1.54) is 0 Å². The second-order valence-electron chi connectivity index (χ2n) is 5.12. The van der Waals surface area contributed by atoms with Crippen molar-refractivity contribution in [3.05, 3.63) is 60.2 Å². The van der Waals surface area contributed by atoms with E-state index in [2.05, 4.69) is 15.5 Å². The van der Waals surface area contributed by atoms with Crippen molar-refractivity contribution in [2.45, 2.75) is 13.3 Å². The van der Waals surface area contributed by atoms with E-state index in [4.69, 9.17) is 4.52 Å². The Morgan fingerprint density at radius 1 is 1.04 bits per heavy atom. The number of benzene rings is 2. The van der Waals surface area contributed by atoms with Gasteiger partial charge in [0.2, 0.25) is 5.82 Å². The average Bonchev–Trinajstić information content (AvgIpc) is 3.11. The molecule has 1 heterocycles. The highest BCUT2D eigenvalue weighted by Gasteiger charge is 2.11. The Morgan fingerprint density at radius 2 is 1.78 bits per heavy atom. The molecule has 2 aromatic carbocycles. The molecule has 0 saturated carbocycles. The van der Waals surface area contributed by atoms with Crippen LogP contribution in [0.4, 0.5) is 0 Å². The van der Waals surface area contributed by atoms with E-state index in [0.29, 0.717) is 23.8 Å². The van der Waals surface area contributed by atoms with E-state index in [1.54, 1.807) is 12.1 Å². The number of hydrogen-bond donors (Lipinski definition) is 1. The zero-order valence-electron chi connectivity index (χ0n) is 12.8. The third-order valence-corrected chi connectivity index (χ3v) is 3.39. The normalized spacial score (nSPS) is 10.5. The number of rotatable bonds is 5. The molecular formula is C18H17N3O2. The SMILES string of the molecule is CCCNC(=O)c1ccc(-c2nc(-c3ccccc3)no2)cc1. The minimum atomic E-state index is -0.0751. The van der Waals surface area contributed by atoms with E-state index >= 15 is 0 Å². The molecule has 5 nitrogen and oxygen atoms in total. The lowest BCUT2D eigenvalue weighted by Gasteiger charge is -2.03. The number of nitrogens with one attached hydrogen (secondary N) is 1. The molecule has 116 valence electrons. The number of aromatic nitrogens is 2. The monoisotopic (exact) mass is 307 g/mol. The Hall–Kier alpha value is -2.95. The van der Waals surface area contributed by atoms with E-state index in [0.717, 1.165) is 17.5 Å². The van der Waals surface area contributed by atoms with Crippen LogP contribution in [0.1, 0.15) is 23.7 Å². The molecule has 0 fully saturated rings. The second kappa shape index (κ2) is 6.87. The number of carbonyl (C=O) groups excluding carboxylic acids is 1. The van der Waals surface area contributed by atoms with Crippen LogP contribution >= 0.6 is 0 Å². The number of hydrogen-bond acceptors (Lipinski definition) is 4. The summed E-state index contributed by atoms with van der Waals surface area (Å²) >= 11 is 0. The summed E-state index contributed by atoms with van der Waals surface area (Å²) in [4.78, 5) is 16.3. The maximum absolute atomic E-state index is 11.9. The summed E-state index contributed by atoms with van der Waals surface area (Å²) in [5, 5.41) is 6.84. The van der Waals surface area contributed by atoms with E-state index < -0.39 is 0 Å². The molecule has 0 saturated heterocycles. The lowest BCUT2D eigenvalue weighted by molar-refractivity contribution is 0.0953. The third kappa shape index (κ3) is 3.45. The third-order valence-electron chi connectivity index (χ3n) is 3.39. The molecule has 1 aromatic heterocycles. The van der Waals surface area contributed by atoms with Crippen LogP contribution < -0.4 is 5.32 Å². The standard InChI is InChI=1S/C18H17N3O2/c1-2-12-19-17(22)14-8-10-15(11-9-14)18-20-16(21-23-18)13-6-4-3-5-7-13/h3-11H,2,12H2,1H3,(H,19,22). The maximum atomic E-state index is 11.9. The van der Waals surface area contributed by atoms with Crippen LogP contribution in [0.15, 0.2) is 59.1 Å². The van der Waals surface area contributed by atoms with Crippen molar-refractivity contribution in [2.75, 3.05) is 6.54 Å². The molecule has 1 amide bonds. The predicted molar refractivity (Wildman–Crippen MR) is 87.8 cm³/mol. The number of carbonyl (C=O) groups is 1. The summed E-state index contributed by atoms with van der Waals surface area (Å²) in [6, 6.07) is 16.8. The van der Waals surface area contributed by atoms with Crippen molar-refractivity contribution in [3.63, 3.8) is 0 Å². The van der Waals surface area contributed by atoms with Crippen LogP contribution in [-0.2, 0) is 0 Å². The molecule has 0 bridgehead atoms. The largest absolute Gasteiger partial charge is 0.352 e. The molecule has 0 radical (unpaired) electrons. The molecule has 0 aliphatic carbocycles. The Labute approximate surface area is 134 Å². The number of amides is 1. The predicted octanol–water partition coefficient (Wildman–Crippen LogP) is 3.54. The first-order valence-corrected chi connectivity index (χ1v) is 7.55. The topological polar surface area (TPSA) is 68.0 Å². The Morgan fingerprint density at radius 3 is 2.48 bits per heavy atom. The van der Waals surface area contributed by atoms with Gasteiger partial charge in [0.1, 0.15) is 0 Å². The molecule has 0 spiro atoms. The van der Waals surface area contributed by atoms with Crippen molar-refractivity contribution in [2.24, 2.45) is 0 Å². The first kappa shape index (κ1) is 15.0. The summed E-state index contributed by atoms with van der Waals surface area (Å²) < 4.78 is 5.31. The van der Waals surface area contributed by atoms with Crippen molar-refractivity contribution in [3.8, 4) is 22.8 Å². The molecule has 5 heteroatoms. The summed E-state index contributed by atoms with van der Waals surface area (Å²) in [5.41, 5.74) is 2.30. The van der Waals surface area contributed by atoms with Gasteiger partial charge in [-0.3, -0.25) is 4.79 Å². The second-order valence-corrected chi connectivity index (χ2v) is 5.12. The van der Waals surface area contributed by atoms with Gasteiger partial charge in [0.15, 0.2) is 0 Å². The van der Waals surface area contributed by atoms with Crippen LogP contribution in [0.2, 0.25) is 0 Å². The molecule has 3 rings (SSSR count). The van der Waals surface area contributed by atoms with Gasteiger partial charge in [0.05, 0.1) is 0 Å². The van der Waals surface area contributed by atoms with E-state index in [9.17, 15) is 4.79 Å². The highest BCUT2D eigenvalue weighted by Crippen LogP contribution is 2.22. The summed E-state index contributed by atoms with van der Waals surface area (Å²) in [6.07, 6.45) is 0.911. The molecule has 0 aliphatic heterocycles. The van der Waals surface area contributed by atoms with Gasteiger partial charge in [-0.05, 0) is 30.7 Å². The van der Waals surface area contributed by atoms with Crippen LogP contribution in [0.5, 0.6) is 0 Å².